The molecule has 0 saturated heterocycles. The van der Waals surface area contributed by atoms with Crippen LogP contribution in [0.1, 0.15) is 30.1 Å². The van der Waals surface area contributed by atoms with Crippen molar-refractivity contribution in [2.45, 2.75) is 38.8 Å². The second kappa shape index (κ2) is 10.3. The fraction of sp³-hybridized carbons (Fsp3) is 0.500. The largest absolute Gasteiger partial charge is 0.496 e. The van der Waals surface area contributed by atoms with Crippen molar-refractivity contribution >= 4 is 29.9 Å². The average Bonchev–Trinajstić information content (AvgIpc) is 3.08. The number of aryl methyl sites for hydroxylation is 1. The molecule has 2 N–H and O–H groups in total. The van der Waals surface area contributed by atoms with Crippen LogP contribution in [0.3, 0.4) is 0 Å². The van der Waals surface area contributed by atoms with Crippen molar-refractivity contribution in [1.29, 1.82) is 0 Å². The molecule has 0 spiro atoms. The van der Waals surface area contributed by atoms with Gasteiger partial charge < -0.3 is 19.9 Å². The van der Waals surface area contributed by atoms with Gasteiger partial charge in [0.15, 0.2) is 11.8 Å². The molecule has 3 rings (SSSR count). The van der Waals surface area contributed by atoms with Crippen LogP contribution < -0.4 is 15.4 Å². The highest BCUT2D eigenvalue weighted by Crippen LogP contribution is 2.17. The third kappa shape index (κ3) is 5.09. The Bertz CT molecular complexity index is 730. The van der Waals surface area contributed by atoms with Crippen molar-refractivity contribution in [3.63, 3.8) is 0 Å². The topological polar surface area (TPSA) is 76.4 Å². The number of benzene rings is 1. The number of fused-ring (bicyclic) bond motifs is 1. The van der Waals surface area contributed by atoms with Crippen LogP contribution in [0.25, 0.3) is 0 Å². The normalized spacial score (nSPS) is 13.5. The summed E-state index contributed by atoms with van der Waals surface area (Å²) >= 11 is 0. The van der Waals surface area contributed by atoms with Crippen molar-refractivity contribution in [2.24, 2.45) is 4.99 Å². The molecule has 2 aromatic rings. The first-order valence-electron chi connectivity index (χ1n) is 8.79. The van der Waals surface area contributed by atoms with Crippen LogP contribution >= 0.6 is 24.0 Å². The molecule has 2 heterocycles. The Kier molecular flexibility index (Phi) is 8.14. The van der Waals surface area contributed by atoms with E-state index in [-0.39, 0.29) is 24.0 Å². The zero-order valence-electron chi connectivity index (χ0n) is 15.4. The van der Waals surface area contributed by atoms with Gasteiger partial charge in [0.2, 0.25) is 0 Å². The summed E-state index contributed by atoms with van der Waals surface area (Å²) in [6, 6.07) is 8.07. The molecule has 1 aliphatic heterocycles. The van der Waals surface area contributed by atoms with Crippen molar-refractivity contribution in [3.8, 4) is 5.75 Å². The molecule has 0 saturated carbocycles. The summed E-state index contributed by atoms with van der Waals surface area (Å²) in [7, 11) is 3.48. The Balaban J connectivity index is 0.00000243. The van der Waals surface area contributed by atoms with Gasteiger partial charge in [0.1, 0.15) is 11.6 Å². The highest BCUT2D eigenvalue weighted by molar-refractivity contribution is 14.0. The quantitative estimate of drug-likeness (QED) is 0.385. The third-order valence-corrected chi connectivity index (χ3v) is 4.45. The number of aromatic nitrogens is 3. The second-order valence-corrected chi connectivity index (χ2v) is 6.06. The average molecular weight is 470 g/mol. The van der Waals surface area contributed by atoms with Crippen LogP contribution in [-0.4, -0.2) is 41.4 Å². The third-order valence-electron chi connectivity index (χ3n) is 4.45. The maximum absolute atomic E-state index is 5.39. The highest BCUT2D eigenvalue weighted by atomic mass is 127. The van der Waals surface area contributed by atoms with Crippen molar-refractivity contribution in [3.05, 3.63) is 41.5 Å². The molecule has 26 heavy (non-hydrogen) atoms. The molecule has 0 amide bonds. The number of hydrogen-bond acceptors (Lipinski definition) is 4. The van der Waals surface area contributed by atoms with Gasteiger partial charge in [-0.15, -0.1) is 34.2 Å². The lowest BCUT2D eigenvalue weighted by atomic mass is 10.1. The van der Waals surface area contributed by atoms with Crippen LogP contribution in [0.15, 0.2) is 29.3 Å². The number of rotatable bonds is 6. The lowest BCUT2D eigenvalue weighted by molar-refractivity contribution is 0.409. The van der Waals surface area contributed by atoms with Gasteiger partial charge in [0, 0.05) is 26.6 Å². The molecular formula is C18H27IN6O. The van der Waals surface area contributed by atoms with Gasteiger partial charge in [-0.1, -0.05) is 18.2 Å². The lowest BCUT2D eigenvalue weighted by Gasteiger charge is -2.16. The minimum absolute atomic E-state index is 0. The summed E-state index contributed by atoms with van der Waals surface area (Å²) in [5.74, 6) is 3.76. The Morgan fingerprint density at radius 1 is 1.23 bits per heavy atom. The van der Waals surface area contributed by atoms with E-state index in [0.717, 1.165) is 49.3 Å². The molecule has 0 atom stereocenters. The molecule has 0 unspecified atom stereocenters. The number of methoxy groups -OCH3 is 1. The summed E-state index contributed by atoms with van der Waals surface area (Å²) in [4.78, 5) is 4.28. The Hall–Kier alpha value is -1.84. The molecule has 142 valence electrons. The van der Waals surface area contributed by atoms with E-state index < -0.39 is 0 Å². The zero-order chi connectivity index (χ0) is 17.5. The van der Waals surface area contributed by atoms with Gasteiger partial charge in [-0.05, 0) is 30.9 Å². The van der Waals surface area contributed by atoms with Gasteiger partial charge in [-0.3, -0.25) is 4.99 Å². The predicted octanol–water partition coefficient (Wildman–Crippen LogP) is 2.15. The highest BCUT2D eigenvalue weighted by Gasteiger charge is 2.15. The van der Waals surface area contributed by atoms with E-state index in [1.807, 2.05) is 18.2 Å². The number of ether oxygens (including phenoxy) is 1. The second-order valence-electron chi connectivity index (χ2n) is 6.06. The lowest BCUT2D eigenvalue weighted by Crippen LogP contribution is -2.38. The van der Waals surface area contributed by atoms with E-state index in [4.69, 9.17) is 4.74 Å². The van der Waals surface area contributed by atoms with E-state index in [1.165, 1.54) is 18.4 Å². The van der Waals surface area contributed by atoms with E-state index in [2.05, 4.69) is 36.5 Å². The predicted molar refractivity (Wildman–Crippen MR) is 113 cm³/mol. The van der Waals surface area contributed by atoms with Crippen LogP contribution in [0.5, 0.6) is 5.75 Å². The molecule has 0 bridgehead atoms. The fourth-order valence-electron chi connectivity index (χ4n) is 3.11. The molecular weight excluding hydrogens is 443 g/mol. The summed E-state index contributed by atoms with van der Waals surface area (Å²) in [6.07, 6.45) is 4.30. The number of aliphatic imine (C=N–C) groups is 1. The monoisotopic (exact) mass is 470 g/mol. The number of para-hydroxylation sites is 1. The van der Waals surface area contributed by atoms with Crippen molar-refractivity contribution in [2.75, 3.05) is 20.7 Å². The van der Waals surface area contributed by atoms with Crippen molar-refractivity contribution in [1.82, 2.24) is 25.4 Å². The smallest absolute Gasteiger partial charge is 0.191 e. The van der Waals surface area contributed by atoms with Gasteiger partial charge in [-0.2, -0.15) is 0 Å². The first-order chi connectivity index (χ1) is 12.3. The molecule has 0 fully saturated rings. The standard InChI is InChI=1S/C18H26N6O.HI/c1-19-18(20-11-10-14-7-3-4-8-15(14)25-2)21-13-17-23-22-16-9-5-6-12-24(16)17;/h3-4,7-8H,5-6,9-13H2,1-2H3,(H2,19,20,21);1H. The van der Waals surface area contributed by atoms with Crippen LogP contribution in [0, 0.1) is 0 Å². The molecule has 1 aliphatic rings. The number of nitrogens with zero attached hydrogens (tertiary/aromatic N) is 4. The first kappa shape index (κ1) is 20.5. The molecule has 7 nitrogen and oxygen atoms in total. The number of guanidine groups is 1. The van der Waals surface area contributed by atoms with Gasteiger partial charge in [0.05, 0.1) is 13.7 Å². The van der Waals surface area contributed by atoms with Crippen LogP contribution in [-0.2, 0) is 25.9 Å². The number of halogens is 1. The van der Waals surface area contributed by atoms with Gasteiger partial charge in [-0.25, -0.2) is 0 Å². The van der Waals surface area contributed by atoms with Crippen LogP contribution in [0.4, 0.5) is 0 Å². The Labute approximate surface area is 171 Å². The molecule has 8 heteroatoms. The Morgan fingerprint density at radius 3 is 2.88 bits per heavy atom. The first-order valence-corrected chi connectivity index (χ1v) is 8.79. The molecule has 1 aromatic heterocycles. The zero-order valence-corrected chi connectivity index (χ0v) is 17.7. The number of hydrogen-bond donors (Lipinski definition) is 2. The molecule has 1 aromatic carbocycles. The summed E-state index contributed by atoms with van der Waals surface area (Å²) in [6.45, 7) is 2.42. The SMILES string of the molecule is CN=C(NCCc1ccccc1OC)NCc1nnc2n1CCCC2.I. The maximum Gasteiger partial charge on any atom is 0.191 e. The minimum atomic E-state index is 0. The van der Waals surface area contributed by atoms with Gasteiger partial charge in [0.25, 0.3) is 0 Å². The summed E-state index contributed by atoms with van der Waals surface area (Å²) in [5.41, 5.74) is 1.18. The van der Waals surface area contributed by atoms with E-state index in [1.54, 1.807) is 14.2 Å². The van der Waals surface area contributed by atoms with E-state index >= 15 is 0 Å². The Morgan fingerprint density at radius 2 is 2.08 bits per heavy atom. The minimum Gasteiger partial charge on any atom is -0.496 e. The van der Waals surface area contributed by atoms with Crippen LogP contribution in [0.2, 0.25) is 0 Å². The summed E-state index contributed by atoms with van der Waals surface area (Å²) < 4.78 is 7.61. The van der Waals surface area contributed by atoms with Crippen molar-refractivity contribution < 1.29 is 4.74 Å². The fourth-order valence-corrected chi connectivity index (χ4v) is 3.11. The maximum atomic E-state index is 5.39. The van der Waals surface area contributed by atoms with E-state index in [0.29, 0.717) is 6.54 Å². The molecule has 0 aliphatic carbocycles. The summed E-state index contributed by atoms with van der Waals surface area (Å²) in [5, 5.41) is 15.2. The number of nitrogens with one attached hydrogen (secondary N) is 2. The molecule has 0 radical (unpaired) electrons. The van der Waals surface area contributed by atoms with Gasteiger partial charge >= 0.3 is 0 Å². The van der Waals surface area contributed by atoms with E-state index in [9.17, 15) is 0 Å².